The Morgan fingerprint density at radius 1 is 1.00 bits per heavy atom. The molecule has 0 aliphatic rings. The van der Waals surface area contributed by atoms with Crippen molar-refractivity contribution >= 4 is 40.2 Å². The van der Waals surface area contributed by atoms with Crippen LogP contribution in [0.1, 0.15) is 34.7 Å². The Morgan fingerprint density at radius 2 is 1.63 bits per heavy atom. The van der Waals surface area contributed by atoms with Crippen molar-refractivity contribution < 1.29 is 38.9 Å². The zero-order chi connectivity index (χ0) is 26.4. The van der Waals surface area contributed by atoms with E-state index >= 15 is 0 Å². The van der Waals surface area contributed by atoms with Gasteiger partial charge in [-0.2, -0.15) is 0 Å². The minimum Gasteiger partial charge on any atom is -0.493 e. The maximum atomic E-state index is 12.4. The number of rotatable bonds is 11. The minimum absolute atomic E-state index is 0.271. The number of amides is 2. The molecule has 12 nitrogen and oxygen atoms in total. The van der Waals surface area contributed by atoms with E-state index in [0.29, 0.717) is 53.5 Å². The number of thiazole rings is 1. The molecule has 0 saturated carbocycles. The van der Waals surface area contributed by atoms with Gasteiger partial charge < -0.3 is 30.3 Å². The molecule has 0 saturated heterocycles. The summed E-state index contributed by atoms with van der Waals surface area (Å²) in [5.74, 6) is -2.14. The molecule has 0 aliphatic heterocycles. The molecule has 2 amide bonds. The van der Waals surface area contributed by atoms with Gasteiger partial charge in [-0.05, 0) is 18.2 Å². The van der Waals surface area contributed by atoms with E-state index < -0.39 is 11.9 Å². The largest absolute Gasteiger partial charge is 0.493 e. The first kappa shape index (κ1) is 29.1. The number of aromatic nitrogens is 1. The molecule has 0 bridgehead atoms. The Balaban J connectivity index is 0.000000658. The van der Waals surface area contributed by atoms with E-state index in [1.807, 2.05) is 13.8 Å². The van der Waals surface area contributed by atoms with E-state index in [1.54, 1.807) is 23.6 Å². The lowest BCUT2D eigenvalue weighted by atomic mass is 10.2. The molecule has 0 atom stereocenters. The Bertz CT molecular complexity index is 1040. The number of carboxylic acids is 2. The normalized spacial score (nSPS) is 10.3. The number of methoxy groups -OCH3 is 2. The average Bonchev–Trinajstić information content (AvgIpc) is 3.28. The monoisotopic (exact) mass is 508 g/mol. The fourth-order valence-electron chi connectivity index (χ4n) is 2.35. The molecule has 1 aromatic carbocycles. The van der Waals surface area contributed by atoms with Crippen LogP contribution in [0.3, 0.4) is 0 Å². The molecule has 35 heavy (non-hydrogen) atoms. The molecule has 0 unspecified atom stereocenters. The van der Waals surface area contributed by atoms with Gasteiger partial charge in [0, 0.05) is 42.2 Å². The molecule has 5 N–H and O–H groups in total. The highest BCUT2D eigenvalue weighted by Gasteiger charge is 2.15. The zero-order valence-electron chi connectivity index (χ0n) is 19.7. The van der Waals surface area contributed by atoms with Gasteiger partial charge in [0.1, 0.15) is 5.69 Å². The van der Waals surface area contributed by atoms with Crippen molar-refractivity contribution in [3.05, 3.63) is 47.0 Å². The molecule has 1 heterocycles. The second-order valence-electron chi connectivity index (χ2n) is 6.94. The summed E-state index contributed by atoms with van der Waals surface area (Å²) in [4.78, 5) is 47.7. The third-order valence-electron chi connectivity index (χ3n) is 3.93. The van der Waals surface area contributed by atoms with Gasteiger partial charge in [0.25, 0.3) is 11.8 Å². The van der Waals surface area contributed by atoms with E-state index in [9.17, 15) is 19.2 Å². The van der Waals surface area contributed by atoms with Gasteiger partial charge in [0.05, 0.1) is 14.2 Å². The number of carboxylic acid groups (broad SMARTS) is 2. The topological polar surface area (TPSA) is 176 Å². The van der Waals surface area contributed by atoms with Gasteiger partial charge in [0.15, 0.2) is 16.6 Å². The van der Waals surface area contributed by atoms with Crippen LogP contribution in [0.25, 0.3) is 0 Å². The van der Waals surface area contributed by atoms with E-state index in [0.717, 1.165) is 0 Å². The van der Waals surface area contributed by atoms with Gasteiger partial charge in [-0.15, -0.1) is 11.3 Å². The molecule has 2 rings (SSSR count). The fraction of sp³-hybridized carbons (Fsp3) is 0.318. The summed E-state index contributed by atoms with van der Waals surface area (Å²) < 4.78 is 10.4. The van der Waals surface area contributed by atoms with Crippen molar-refractivity contribution in [1.82, 2.24) is 15.6 Å². The number of nitrogens with zero attached hydrogens (tertiary/aromatic N) is 1. The number of hydrogen-bond donors (Lipinski definition) is 5. The van der Waals surface area contributed by atoms with Crippen molar-refractivity contribution in [2.24, 2.45) is 0 Å². The molecule has 0 spiro atoms. The van der Waals surface area contributed by atoms with Crippen LogP contribution in [0.2, 0.25) is 0 Å². The van der Waals surface area contributed by atoms with Crippen LogP contribution in [-0.4, -0.2) is 72.3 Å². The Kier molecular flexibility index (Phi) is 12.5. The third kappa shape index (κ3) is 11.1. The van der Waals surface area contributed by atoms with Crippen LogP contribution >= 0.6 is 11.3 Å². The first-order valence-electron chi connectivity index (χ1n) is 10.2. The average molecular weight is 509 g/mol. The van der Waals surface area contributed by atoms with Crippen molar-refractivity contribution in [3.63, 3.8) is 0 Å². The third-order valence-corrected chi connectivity index (χ3v) is 4.69. The molecule has 1 aromatic heterocycles. The lowest BCUT2D eigenvalue weighted by Gasteiger charge is -2.09. The molecule has 2 aromatic rings. The highest BCUT2D eigenvalue weighted by Crippen LogP contribution is 2.28. The van der Waals surface area contributed by atoms with Crippen LogP contribution in [-0.2, 0) is 9.59 Å². The lowest BCUT2D eigenvalue weighted by molar-refractivity contribution is -0.134. The standard InChI is InChI=1S/C18H24N4O4S.C4H4O4/c1-11(2)19-7-8-20-17(24)13-10-27-18(21-13)22-16(23)12-5-6-14(25-3)15(9-12)26-4;5-3(6)1-2-4(7)8/h5-6,9-11,19H,7-8H2,1-4H3,(H,20,24)(H,21,22,23);1-2H,(H,5,6)(H,7,8)/b;2-1-. The number of nitrogens with one attached hydrogen (secondary N) is 3. The van der Waals surface area contributed by atoms with Crippen LogP contribution in [0, 0.1) is 0 Å². The molecular formula is C22H28N4O8S. The first-order valence-corrected chi connectivity index (χ1v) is 11.1. The van der Waals surface area contributed by atoms with Crippen LogP contribution in [0.15, 0.2) is 35.7 Å². The number of carbonyl (C=O) groups is 4. The van der Waals surface area contributed by atoms with Gasteiger partial charge in [-0.3, -0.25) is 14.9 Å². The molecule has 0 fully saturated rings. The smallest absolute Gasteiger partial charge is 0.328 e. The number of anilines is 1. The summed E-state index contributed by atoms with van der Waals surface area (Å²) in [6.07, 6.45) is 1.12. The Morgan fingerprint density at radius 3 is 2.17 bits per heavy atom. The lowest BCUT2D eigenvalue weighted by Crippen LogP contribution is -2.34. The summed E-state index contributed by atoms with van der Waals surface area (Å²) in [5, 5.41) is 26.3. The molecule has 13 heteroatoms. The van der Waals surface area contributed by atoms with Gasteiger partial charge in [-0.25, -0.2) is 14.6 Å². The molecule has 0 aliphatic carbocycles. The van der Waals surface area contributed by atoms with Crippen LogP contribution < -0.4 is 25.4 Å². The minimum atomic E-state index is -1.26. The number of aliphatic carboxylic acids is 2. The molecule has 0 radical (unpaired) electrons. The number of carbonyl (C=O) groups excluding carboxylic acids is 2. The van der Waals surface area contributed by atoms with E-state index in [2.05, 4.69) is 20.9 Å². The highest BCUT2D eigenvalue weighted by atomic mass is 32.1. The maximum absolute atomic E-state index is 12.4. The summed E-state index contributed by atoms with van der Waals surface area (Å²) in [5.41, 5.74) is 0.667. The first-order chi connectivity index (χ1) is 16.6. The van der Waals surface area contributed by atoms with Crippen molar-refractivity contribution in [3.8, 4) is 11.5 Å². The number of benzene rings is 1. The summed E-state index contributed by atoms with van der Waals surface area (Å²) in [6.45, 7) is 5.25. The van der Waals surface area contributed by atoms with E-state index in [1.165, 1.54) is 25.6 Å². The number of ether oxygens (including phenoxy) is 2. The van der Waals surface area contributed by atoms with Gasteiger partial charge in [-0.1, -0.05) is 13.8 Å². The van der Waals surface area contributed by atoms with Gasteiger partial charge >= 0.3 is 11.9 Å². The second kappa shape index (κ2) is 15.0. The summed E-state index contributed by atoms with van der Waals surface area (Å²) in [7, 11) is 3.03. The zero-order valence-corrected chi connectivity index (χ0v) is 20.5. The van der Waals surface area contributed by atoms with E-state index in [4.69, 9.17) is 19.7 Å². The fourth-order valence-corrected chi connectivity index (χ4v) is 3.04. The Labute approximate surface area is 206 Å². The predicted octanol–water partition coefficient (Wildman–Crippen LogP) is 1.85. The second-order valence-corrected chi connectivity index (χ2v) is 7.79. The van der Waals surface area contributed by atoms with Crippen molar-refractivity contribution in [2.75, 3.05) is 32.6 Å². The van der Waals surface area contributed by atoms with Crippen molar-refractivity contribution in [2.45, 2.75) is 19.9 Å². The van der Waals surface area contributed by atoms with Crippen LogP contribution in [0.5, 0.6) is 11.5 Å². The molecular weight excluding hydrogens is 480 g/mol. The number of hydrogen-bond acceptors (Lipinski definition) is 9. The maximum Gasteiger partial charge on any atom is 0.328 e. The summed E-state index contributed by atoms with van der Waals surface area (Å²) in [6, 6.07) is 5.22. The van der Waals surface area contributed by atoms with Crippen molar-refractivity contribution in [1.29, 1.82) is 0 Å². The highest BCUT2D eigenvalue weighted by molar-refractivity contribution is 7.14. The van der Waals surface area contributed by atoms with Gasteiger partial charge in [0.2, 0.25) is 0 Å². The quantitative estimate of drug-likeness (QED) is 0.222. The molecule has 190 valence electrons. The summed E-state index contributed by atoms with van der Waals surface area (Å²) >= 11 is 1.19. The van der Waals surface area contributed by atoms with Crippen LogP contribution in [0.4, 0.5) is 5.13 Å². The SMILES string of the molecule is COc1ccc(C(=O)Nc2nc(C(=O)NCCNC(C)C)cs2)cc1OC.O=C(O)/C=C\C(=O)O. The predicted molar refractivity (Wildman–Crippen MR) is 129 cm³/mol. The van der Waals surface area contributed by atoms with E-state index in [-0.39, 0.29) is 17.5 Å². The Hall–Kier alpha value is -3.97.